The van der Waals surface area contributed by atoms with Gasteiger partial charge in [0, 0.05) is 12.2 Å². The average molecular weight is 322 g/mol. The molecule has 4 nitrogen and oxygen atoms in total. The fourth-order valence-corrected chi connectivity index (χ4v) is 2.74. The van der Waals surface area contributed by atoms with Crippen LogP contribution in [0.2, 0.25) is 0 Å². The highest BCUT2D eigenvalue weighted by atomic mass is 16.2. The summed E-state index contributed by atoms with van der Waals surface area (Å²) in [6.07, 6.45) is 0.622. The first-order valence-corrected chi connectivity index (χ1v) is 8.24. The summed E-state index contributed by atoms with van der Waals surface area (Å²) in [7, 11) is 0. The Bertz CT molecular complexity index is 752. The van der Waals surface area contributed by atoms with Crippen LogP contribution in [0.15, 0.2) is 48.5 Å². The predicted molar refractivity (Wildman–Crippen MR) is 94.4 cm³/mol. The highest BCUT2D eigenvalue weighted by molar-refractivity contribution is 5.99. The first-order valence-electron chi connectivity index (χ1n) is 8.24. The smallest absolute Gasteiger partial charge is 0.228 e. The maximum Gasteiger partial charge on any atom is 0.228 e. The van der Waals surface area contributed by atoms with Crippen molar-refractivity contribution in [2.45, 2.75) is 26.8 Å². The van der Waals surface area contributed by atoms with E-state index in [1.54, 1.807) is 0 Å². The van der Waals surface area contributed by atoms with Crippen LogP contribution in [0, 0.1) is 25.7 Å². The van der Waals surface area contributed by atoms with Crippen molar-refractivity contribution in [3.63, 3.8) is 0 Å². The second-order valence-electron chi connectivity index (χ2n) is 6.46. The minimum absolute atomic E-state index is 0.0412. The Balaban J connectivity index is 1.49. The molecule has 24 heavy (non-hydrogen) atoms. The summed E-state index contributed by atoms with van der Waals surface area (Å²) in [5, 5.41) is 5.84. The van der Waals surface area contributed by atoms with Gasteiger partial charge in [-0.25, -0.2) is 0 Å². The Labute approximate surface area is 142 Å². The van der Waals surface area contributed by atoms with E-state index in [1.165, 1.54) is 5.56 Å². The summed E-state index contributed by atoms with van der Waals surface area (Å²) in [5.74, 6) is -0.539. The van der Waals surface area contributed by atoms with Crippen molar-refractivity contribution >= 4 is 17.5 Å². The number of rotatable bonds is 5. The summed E-state index contributed by atoms with van der Waals surface area (Å²) in [5.41, 5.74) is 4.09. The fourth-order valence-electron chi connectivity index (χ4n) is 2.74. The van der Waals surface area contributed by atoms with E-state index in [9.17, 15) is 9.59 Å². The zero-order valence-corrected chi connectivity index (χ0v) is 14.0. The van der Waals surface area contributed by atoms with Crippen molar-refractivity contribution < 1.29 is 9.59 Å². The zero-order chi connectivity index (χ0) is 17.1. The van der Waals surface area contributed by atoms with Gasteiger partial charge in [-0.1, -0.05) is 48.0 Å². The van der Waals surface area contributed by atoms with Gasteiger partial charge in [0.1, 0.15) is 0 Å². The molecule has 0 aromatic heterocycles. The molecule has 0 spiro atoms. The number of benzene rings is 2. The van der Waals surface area contributed by atoms with Crippen LogP contribution in [-0.2, 0) is 16.1 Å². The van der Waals surface area contributed by atoms with E-state index in [4.69, 9.17) is 0 Å². The topological polar surface area (TPSA) is 58.2 Å². The van der Waals surface area contributed by atoms with Gasteiger partial charge in [-0.05, 0) is 37.5 Å². The molecule has 2 aromatic rings. The normalized spacial score (nSPS) is 18.8. The Kier molecular flexibility index (Phi) is 4.65. The Hall–Kier alpha value is -2.62. The molecule has 1 fully saturated rings. The molecule has 2 unspecified atom stereocenters. The average Bonchev–Trinajstić information content (AvgIpc) is 3.37. The molecule has 0 radical (unpaired) electrons. The van der Waals surface area contributed by atoms with E-state index in [2.05, 4.69) is 10.6 Å². The van der Waals surface area contributed by atoms with Crippen LogP contribution in [0.5, 0.6) is 0 Å². The Morgan fingerprint density at radius 2 is 1.62 bits per heavy atom. The SMILES string of the molecule is Cc1ccc(CNC(=O)C2CC2C(=O)Nc2ccccc2C)cc1. The summed E-state index contributed by atoms with van der Waals surface area (Å²) in [6, 6.07) is 15.7. The monoisotopic (exact) mass is 322 g/mol. The van der Waals surface area contributed by atoms with Crippen LogP contribution in [0.3, 0.4) is 0 Å². The highest BCUT2D eigenvalue weighted by Crippen LogP contribution is 2.39. The summed E-state index contributed by atoms with van der Waals surface area (Å²) in [4.78, 5) is 24.5. The van der Waals surface area contributed by atoms with Crippen molar-refractivity contribution in [2.24, 2.45) is 11.8 Å². The minimum Gasteiger partial charge on any atom is -0.352 e. The Morgan fingerprint density at radius 1 is 0.958 bits per heavy atom. The van der Waals surface area contributed by atoms with Gasteiger partial charge in [0.25, 0.3) is 0 Å². The van der Waals surface area contributed by atoms with Gasteiger partial charge in [-0.15, -0.1) is 0 Å². The molecular formula is C20H22N2O2. The molecule has 0 heterocycles. The third-order valence-corrected chi connectivity index (χ3v) is 4.45. The number of para-hydroxylation sites is 1. The van der Waals surface area contributed by atoms with Crippen LogP contribution < -0.4 is 10.6 Å². The zero-order valence-electron chi connectivity index (χ0n) is 14.0. The number of nitrogens with one attached hydrogen (secondary N) is 2. The van der Waals surface area contributed by atoms with E-state index in [0.717, 1.165) is 16.8 Å². The lowest BCUT2D eigenvalue weighted by Crippen LogP contribution is -2.27. The molecular weight excluding hydrogens is 300 g/mol. The van der Waals surface area contributed by atoms with Crippen LogP contribution >= 0.6 is 0 Å². The maximum atomic E-state index is 12.3. The maximum absolute atomic E-state index is 12.3. The molecule has 0 aliphatic heterocycles. The number of hydrogen-bond acceptors (Lipinski definition) is 2. The van der Waals surface area contributed by atoms with Crippen molar-refractivity contribution in [1.29, 1.82) is 0 Å². The Morgan fingerprint density at radius 3 is 2.33 bits per heavy atom. The standard InChI is InChI=1S/C20H22N2O2/c1-13-7-9-15(10-8-13)12-21-19(23)16-11-17(16)20(24)22-18-6-4-3-5-14(18)2/h3-10,16-17H,11-12H2,1-2H3,(H,21,23)(H,22,24). The highest BCUT2D eigenvalue weighted by Gasteiger charge is 2.47. The van der Waals surface area contributed by atoms with Gasteiger partial charge >= 0.3 is 0 Å². The summed E-state index contributed by atoms with van der Waals surface area (Å²) < 4.78 is 0. The van der Waals surface area contributed by atoms with E-state index in [-0.39, 0.29) is 23.7 Å². The molecule has 1 aliphatic rings. The lowest BCUT2D eigenvalue weighted by Gasteiger charge is -2.08. The fraction of sp³-hybridized carbons (Fsp3) is 0.300. The largest absolute Gasteiger partial charge is 0.352 e. The number of anilines is 1. The molecule has 2 aromatic carbocycles. The van der Waals surface area contributed by atoms with Gasteiger partial charge in [0.2, 0.25) is 11.8 Å². The van der Waals surface area contributed by atoms with Crippen molar-refractivity contribution in [3.05, 3.63) is 65.2 Å². The molecule has 1 saturated carbocycles. The molecule has 0 saturated heterocycles. The van der Waals surface area contributed by atoms with Crippen LogP contribution in [-0.4, -0.2) is 11.8 Å². The third-order valence-electron chi connectivity index (χ3n) is 4.45. The van der Waals surface area contributed by atoms with E-state index in [1.807, 2.05) is 62.4 Å². The number of amides is 2. The molecule has 3 rings (SSSR count). The second-order valence-corrected chi connectivity index (χ2v) is 6.46. The summed E-state index contributed by atoms with van der Waals surface area (Å²) in [6.45, 7) is 4.49. The lowest BCUT2D eigenvalue weighted by molar-refractivity contribution is -0.125. The van der Waals surface area contributed by atoms with Gasteiger partial charge < -0.3 is 10.6 Å². The molecule has 1 aliphatic carbocycles. The molecule has 0 bridgehead atoms. The van der Waals surface area contributed by atoms with Crippen LogP contribution in [0.1, 0.15) is 23.1 Å². The van der Waals surface area contributed by atoms with Crippen LogP contribution in [0.4, 0.5) is 5.69 Å². The number of hydrogen-bond donors (Lipinski definition) is 2. The lowest BCUT2D eigenvalue weighted by atomic mass is 10.1. The molecule has 2 amide bonds. The van der Waals surface area contributed by atoms with E-state index < -0.39 is 0 Å². The minimum atomic E-state index is -0.220. The first kappa shape index (κ1) is 16.2. The van der Waals surface area contributed by atoms with E-state index in [0.29, 0.717) is 13.0 Å². The quantitative estimate of drug-likeness (QED) is 0.888. The third kappa shape index (κ3) is 3.82. The van der Waals surface area contributed by atoms with Gasteiger partial charge in [-0.3, -0.25) is 9.59 Å². The molecule has 2 atom stereocenters. The second kappa shape index (κ2) is 6.87. The van der Waals surface area contributed by atoms with Crippen LogP contribution in [0.25, 0.3) is 0 Å². The van der Waals surface area contributed by atoms with Gasteiger partial charge in [0.05, 0.1) is 11.8 Å². The van der Waals surface area contributed by atoms with Gasteiger partial charge in [-0.2, -0.15) is 0 Å². The summed E-state index contributed by atoms with van der Waals surface area (Å²) >= 11 is 0. The number of carbonyl (C=O) groups is 2. The van der Waals surface area contributed by atoms with Gasteiger partial charge in [0.15, 0.2) is 0 Å². The van der Waals surface area contributed by atoms with Crippen molar-refractivity contribution in [3.8, 4) is 0 Å². The number of carbonyl (C=O) groups excluding carboxylic acids is 2. The van der Waals surface area contributed by atoms with Crippen molar-refractivity contribution in [2.75, 3.05) is 5.32 Å². The first-order chi connectivity index (χ1) is 11.5. The molecule has 4 heteroatoms. The van der Waals surface area contributed by atoms with Crippen molar-refractivity contribution in [1.82, 2.24) is 5.32 Å². The molecule has 124 valence electrons. The predicted octanol–water partition coefficient (Wildman–Crippen LogP) is 3.19. The number of aryl methyl sites for hydroxylation is 2. The molecule has 2 N–H and O–H groups in total. The van der Waals surface area contributed by atoms with E-state index >= 15 is 0 Å².